The topological polar surface area (TPSA) is 59.8 Å². The van der Waals surface area contributed by atoms with Gasteiger partial charge in [0.2, 0.25) is 11.0 Å². The van der Waals surface area contributed by atoms with Gasteiger partial charge < -0.3 is 5.32 Å². The number of aryl methyl sites for hydroxylation is 1. The zero-order chi connectivity index (χ0) is 18.8. The third kappa shape index (κ3) is 4.22. The first-order valence-corrected chi connectivity index (χ1v) is 10.4. The molecule has 0 spiro atoms. The van der Waals surface area contributed by atoms with Crippen LogP contribution in [0.1, 0.15) is 37.8 Å². The van der Waals surface area contributed by atoms with Gasteiger partial charge in [-0.05, 0) is 37.8 Å². The van der Waals surface area contributed by atoms with Gasteiger partial charge in [-0.1, -0.05) is 36.6 Å². The Hall–Kier alpha value is -2.18. The zero-order valence-corrected chi connectivity index (χ0v) is 16.7. The van der Waals surface area contributed by atoms with Crippen molar-refractivity contribution in [3.8, 4) is 16.4 Å². The number of benzene rings is 1. The molecule has 1 aromatic carbocycles. The first kappa shape index (κ1) is 18.2. The van der Waals surface area contributed by atoms with Gasteiger partial charge in [-0.15, -0.1) is 11.3 Å². The van der Waals surface area contributed by atoms with Crippen molar-refractivity contribution < 1.29 is 4.79 Å². The summed E-state index contributed by atoms with van der Waals surface area (Å²) in [6, 6.07) is 9.47. The minimum absolute atomic E-state index is 0.0533. The fourth-order valence-electron chi connectivity index (χ4n) is 3.52. The lowest BCUT2D eigenvalue weighted by atomic mass is 10.0. The molecule has 3 aromatic rings. The minimum Gasteiger partial charge on any atom is -0.310 e. The number of nitrogens with one attached hydrogen (secondary N) is 1. The second-order valence-electron chi connectivity index (χ2n) is 7.01. The third-order valence-electron chi connectivity index (χ3n) is 4.86. The first-order valence-electron chi connectivity index (χ1n) is 9.17. The summed E-state index contributed by atoms with van der Waals surface area (Å²) < 4.78 is 1.71. The standard InChI is InChI=1S/C20H21ClN4OS/c1-13-10-18(23-19(26)11-14-4-2-3-5-14)25(24-13)20-22-17(12-27-20)15-6-8-16(21)9-7-15/h6-10,12,14H,2-5,11H2,1H3,(H,23,26). The van der Waals surface area contributed by atoms with E-state index in [2.05, 4.69) is 15.4 Å². The summed E-state index contributed by atoms with van der Waals surface area (Å²) in [5.41, 5.74) is 2.70. The predicted molar refractivity (Wildman–Crippen MR) is 110 cm³/mol. The lowest BCUT2D eigenvalue weighted by Crippen LogP contribution is -2.17. The number of carbonyl (C=O) groups is 1. The van der Waals surface area contributed by atoms with Crippen molar-refractivity contribution in [1.29, 1.82) is 0 Å². The molecule has 1 amide bonds. The predicted octanol–water partition coefficient (Wildman–Crippen LogP) is 5.48. The van der Waals surface area contributed by atoms with Crippen LogP contribution in [0, 0.1) is 12.8 Å². The summed E-state index contributed by atoms with van der Waals surface area (Å²) >= 11 is 7.46. The summed E-state index contributed by atoms with van der Waals surface area (Å²) in [5.74, 6) is 1.24. The van der Waals surface area contributed by atoms with Gasteiger partial charge in [0, 0.05) is 28.5 Å². The second-order valence-corrected chi connectivity index (χ2v) is 8.28. The molecule has 0 aliphatic heterocycles. The van der Waals surface area contributed by atoms with Gasteiger partial charge in [0.05, 0.1) is 11.4 Å². The maximum Gasteiger partial charge on any atom is 0.225 e. The Labute approximate surface area is 167 Å². The fraction of sp³-hybridized carbons (Fsp3) is 0.350. The Morgan fingerprint density at radius 3 is 2.78 bits per heavy atom. The van der Waals surface area contributed by atoms with Crippen molar-refractivity contribution in [2.45, 2.75) is 39.0 Å². The highest BCUT2D eigenvalue weighted by atomic mass is 35.5. The average molecular weight is 401 g/mol. The molecule has 0 atom stereocenters. The van der Waals surface area contributed by atoms with Crippen molar-refractivity contribution >= 4 is 34.7 Å². The third-order valence-corrected chi connectivity index (χ3v) is 5.93. The van der Waals surface area contributed by atoms with E-state index in [1.807, 2.05) is 42.6 Å². The molecule has 1 N–H and O–H groups in total. The number of rotatable bonds is 5. The quantitative estimate of drug-likeness (QED) is 0.617. The van der Waals surface area contributed by atoms with E-state index in [0.717, 1.165) is 34.9 Å². The van der Waals surface area contributed by atoms with Gasteiger partial charge in [-0.3, -0.25) is 4.79 Å². The molecule has 1 aliphatic carbocycles. The minimum atomic E-state index is 0.0533. The highest BCUT2D eigenvalue weighted by molar-refractivity contribution is 7.12. The number of hydrogen-bond acceptors (Lipinski definition) is 4. The number of thiazole rings is 1. The van der Waals surface area contributed by atoms with Crippen LogP contribution in [-0.4, -0.2) is 20.7 Å². The molecule has 140 valence electrons. The average Bonchev–Trinajstić information content (AvgIpc) is 3.37. The van der Waals surface area contributed by atoms with Gasteiger partial charge >= 0.3 is 0 Å². The van der Waals surface area contributed by atoms with Crippen LogP contribution in [0.5, 0.6) is 0 Å². The zero-order valence-electron chi connectivity index (χ0n) is 15.1. The van der Waals surface area contributed by atoms with E-state index in [4.69, 9.17) is 11.6 Å². The Morgan fingerprint density at radius 1 is 1.30 bits per heavy atom. The fourth-order valence-corrected chi connectivity index (χ4v) is 4.44. The van der Waals surface area contributed by atoms with E-state index >= 15 is 0 Å². The summed E-state index contributed by atoms with van der Waals surface area (Å²) in [5, 5.41) is 10.9. The molecule has 27 heavy (non-hydrogen) atoms. The smallest absolute Gasteiger partial charge is 0.225 e. The molecule has 0 saturated heterocycles. The largest absolute Gasteiger partial charge is 0.310 e. The van der Waals surface area contributed by atoms with Crippen LogP contribution in [0.15, 0.2) is 35.7 Å². The molecule has 7 heteroatoms. The molecule has 2 aromatic heterocycles. The number of carbonyl (C=O) groups excluding carboxylic acids is 1. The monoisotopic (exact) mass is 400 g/mol. The van der Waals surface area contributed by atoms with Gasteiger partial charge in [-0.25, -0.2) is 4.98 Å². The number of halogens is 1. The Bertz CT molecular complexity index is 941. The molecule has 0 radical (unpaired) electrons. The summed E-state index contributed by atoms with van der Waals surface area (Å²) in [4.78, 5) is 17.1. The van der Waals surface area contributed by atoms with Gasteiger partial charge in [0.25, 0.3) is 0 Å². The van der Waals surface area contributed by atoms with E-state index in [-0.39, 0.29) is 5.91 Å². The number of amides is 1. The highest BCUT2D eigenvalue weighted by Crippen LogP contribution is 2.29. The molecule has 5 nitrogen and oxygen atoms in total. The lowest BCUT2D eigenvalue weighted by molar-refractivity contribution is -0.117. The summed E-state index contributed by atoms with van der Waals surface area (Å²) in [6.45, 7) is 1.91. The Kier molecular flexibility index (Phi) is 5.27. The highest BCUT2D eigenvalue weighted by Gasteiger charge is 2.20. The van der Waals surface area contributed by atoms with Crippen LogP contribution in [0.2, 0.25) is 5.02 Å². The van der Waals surface area contributed by atoms with Crippen molar-refractivity contribution in [2.75, 3.05) is 5.32 Å². The molecule has 4 rings (SSSR count). The van der Waals surface area contributed by atoms with Crippen molar-refractivity contribution in [3.05, 3.63) is 46.4 Å². The van der Waals surface area contributed by atoms with Crippen LogP contribution in [0.3, 0.4) is 0 Å². The van der Waals surface area contributed by atoms with E-state index in [9.17, 15) is 4.79 Å². The molecule has 2 heterocycles. The SMILES string of the molecule is Cc1cc(NC(=O)CC2CCCC2)n(-c2nc(-c3ccc(Cl)cc3)cs2)n1. The maximum absolute atomic E-state index is 12.4. The number of hydrogen-bond donors (Lipinski definition) is 1. The molecular weight excluding hydrogens is 380 g/mol. The van der Waals surface area contributed by atoms with Crippen LogP contribution in [0.4, 0.5) is 5.82 Å². The van der Waals surface area contributed by atoms with Crippen LogP contribution in [0.25, 0.3) is 16.4 Å². The van der Waals surface area contributed by atoms with Gasteiger partial charge in [0.15, 0.2) is 0 Å². The molecule has 0 bridgehead atoms. The van der Waals surface area contributed by atoms with Crippen LogP contribution in [-0.2, 0) is 4.79 Å². The van der Waals surface area contributed by atoms with E-state index in [0.29, 0.717) is 23.2 Å². The van der Waals surface area contributed by atoms with E-state index in [1.165, 1.54) is 24.2 Å². The normalized spacial score (nSPS) is 14.6. The second kappa shape index (κ2) is 7.82. The van der Waals surface area contributed by atoms with Gasteiger partial charge in [-0.2, -0.15) is 9.78 Å². The summed E-state index contributed by atoms with van der Waals surface area (Å²) in [7, 11) is 0. The van der Waals surface area contributed by atoms with Crippen molar-refractivity contribution in [2.24, 2.45) is 5.92 Å². The Balaban J connectivity index is 1.54. The molecule has 0 unspecified atom stereocenters. The molecule has 1 saturated carbocycles. The van der Waals surface area contributed by atoms with E-state index < -0.39 is 0 Å². The lowest BCUT2D eigenvalue weighted by Gasteiger charge is -2.10. The molecule has 1 aliphatic rings. The van der Waals surface area contributed by atoms with Gasteiger partial charge in [0.1, 0.15) is 5.82 Å². The first-order chi connectivity index (χ1) is 13.1. The molecule has 1 fully saturated rings. The van der Waals surface area contributed by atoms with E-state index in [1.54, 1.807) is 4.68 Å². The number of nitrogens with zero attached hydrogens (tertiary/aromatic N) is 3. The van der Waals surface area contributed by atoms with Crippen molar-refractivity contribution in [1.82, 2.24) is 14.8 Å². The molecular formula is C20H21ClN4OS. The number of aromatic nitrogens is 3. The van der Waals surface area contributed by atoms with Crippen LogP contribution >= 0.6 is 22.9 Å². The Morgan fingerprint density at radius 2 is 2.04 bits per heavy atom. The maximum atomic E-state index is 12.4. The summed E-state index contributed by atoms with van der Waals surface area (Å²) in [6.07, 6.45) is 5.37. The van der Waals surface area contributed by atoms with Crippen LogP contribution < -0.4 is 5.32 Å². The number of anilines is 1. The van der Waals surface area contributed by atoms with Crippen molar-refractivity contribution in [3.63, 3.8) is 0 Å².